The summed E-state index contributed by atoms with van der Waals surface area (Å²) in [5, 5.41) is 0. The van der Waals surface area contributed by atoms with Crippen LogP contribution in [-0.4, -0.2) is 42.5 Å². The number of rotatable bonds is 2. The summed E-state index contributed by atoms with van der Waals surface area (Å²) in [5.74, 6) is -0.756. The van der Waals surface area contributed by atoms with Crippen molar-refractivity contribution in [3.63, 3.8) is 0 Å². The Morgan fingerprint density at radius 1 is 1.47 bits per heavy atom. The van der Waals surface area contributed by atoms with Gasteiger partial charge in [0.05, 0.1) is 13.2 Å². The van der Waals surface area contributed by atoms with E-state index in [0.29, 0.717) is 23.6 Å². The SMILES string of the molecule is Cc1ccc(S)cc1C(=O)N1CCOCC1C(N)=O. The summed E-state index contributed by atoms with van der Waals surface area (Å²) in [7, 11) is 0. The predicted octanol–water partition coefficient (Wildman–Crippen LogP) is 0.610. The first kappa shape index (κ1) is 13.9. The fourth-order valence-corrected chi connectivity index (χ4v) is 2.28. The van der Waals surface area contributed by atoms with Crippen LogP contribution >= 0.6 is 12.6 Å². The van der Waals surface area contributed by atoms with Crippen molar-refractivity contribution in [2.75, 3.05) is 19.8 Å². The van der Waals surface area contributed by atoms with Crippen molar-refractivity contribution in [3.05, 3.63) is 29.3 Å². The van der Waals surface area contributed by atoms with E-state index in [0.717, 1.165) is 5.56 Å². The standard InChI is InChI=1S/C13H16N2O3S/c1-8-2-3-9(19)6-10(8)13(17)15-4-5-18-7-11(15)12(14)16/h2-3,6,11,19H,4-5,7H2,1H3,(H2,14,16). The number of amides is 2. The van der Waals surface area contributed by atoms with E-state index >= 15 is 0 Å². The quantitative estimate of drug-likeness (QED) is 0.780. The Morgan fingerprint density at radius 3 is 2.89 bits per heavy atom. The number of primary amides is 1. The highest BCUT2D eigenvalue weighted by molar-refractivity contribution is 7.80. The summed E-state index contributed by atoms with van der Waals surface area (Å²) in [6.45, 7) is 2.78. The van der Waals surface area contributed by atoms with Gasteiger partial charge in [0.15, 0.2) is 0 Å². The Kier molecular flexibility index (Phi) is 4.11. The molecule has 0 aromatic heterocycles. The minimum absolute atomic E-state index is 0.153. The molecule has 102 valence electrons. The molecule has 0 spiro atoms. The third-order valence-corrected chi connectivity index (χ3v) is 3.45. The number of nitrogens with two attached hydrogens (primary N) is 1. The average molecular weight is 280 g/mol. The van der Waals surface area contributed by atoms with Crippen LogP contribution in [0.3, 0.4) is 0 Å². The van der Waals surface area contributed by atoms with Gasteiger partial charge in [-0.1, -0.05) is 6.07 Å². The van der Waals surface area contributed by atoms with Gasteiger partial charge in [0.1, 0.15) is 6.04 Å². The topological polar surface area (TPSA) is 72.6 Å². The Bertz CT molecular complexity index is 519. The number of morpholine rings is 1. The van der Waals surface area contributed by atoms with Crippen LogP contribution in [-0.2, 0) is 9.53 Å². The number of nitrogens with zero attached hydrogens (tertiary/aromatic N) is 1. The van der Waals surface area contributed by atoms with Gasteiger partial charge in [-0.05, 0) is 24.6 Å². The zero-order chi connectivity index (χ0) is 14.0. The molecule has 0 aliphatic carbocycles. The van der Waals surface area contributed by atoms with Gasteiger partial charge in [-0.2, -0.15) is 0 Å². The van der Waals surface area contributed by atoms with E-state index in [1.54, 1.807) is 6.07 Å². The Hall–Kier alpha value is -1.53. The highest BCUT2D eigenvalue weighted by Gasteiger charge is 2.32. The van der Waals surface area contributed by atoms with Crippen molar-refractivity contribution in [2.24, 2.45) is 5.73 Å². The van der Waals surface area contributed by atoms with Gasteiger partial charge in [-0.25, -0.2) is 0 Å². The molecule has 5 nitrogen and oxygen atoms in total. The Morgan fingerprint density at radius 2 is 2.21 bits per heavy atom. The van der Waals surface area contributed by atoms with Gasteiger partial charge in [-0.15, -0.1) is 12.6 Å². The van der Waals surface area contributed by atoms with Crippen LogP contribution in [0, 0.1) is 6.92 Å². The molecule has 1 unspecified atom stereocenters. The number of thiol groups is 1. The monoisotopic (exact) mass is 280 g/mol. The second-order valence-corrected chi connectivity index (χ2v) is 5.01. The summed E-state index contributed by atoms with van der Waals surface area (Å²) in [6, 6.07) is 4.65. The molecule has 1 fully saturated rings. The summed E-state index contributed by atoms with van der Waals surface area (Å²) < 4.78 is 5.20. The van der Waals surface area contributed by atoms with Crippen LogP contribution in [0.5, 0.6) is 0 Å². The molecule has 19 heavy (non-hydrogen) atoms. The normalized spacial score (nSPS) is 19.3. The maximum absolute atomic E-state index is 12.5. The lowest BCUT2D eigenvalue weighted by Crippen LogP contribution is -2.54. The fraction of sp³-hybridized carbons (Fsp3) is 0.385. The molecule has 2 amide bonds. The molecule has 1 aromatic carbocycles. The number of aryl methyl sites for hydroxylation is 1. The fourth-order valence-electron chi connectivity index (χ4n) is 2.08. The van der Waals surface area contributed by atoms with E-state index in [1.165, 1.54) is 4.90 Å². The summed E-state index contributed by atoms with van der Waals surface area (Å²) in [6.07, 6.45) is 0. The van der Waals surface area contributed by atoms with E-state index in [-0.39, 0.29) is 12.5 Å². The van der Waals surface area contributed by atoms with Gasteiger partial charge in [0.2, 0.25) is 5.91 Å². The first-order valence-corrected chi connectivity index (χ1v) is 6.43. The molecule has 0 saturated carbocycles. The lowest BCUT2D eigenvalue weighted by molar-refractivity contribution is -0.127. The van der Waals surface area contributed by atoms with E-state index in [2.05, 4.69) is 12.6 Å². The molecule has 0 radical (unpaired) electrons. The van der Waals surface area contributed by atoms with Crippen molar-refractivity contribution in [1.29, 1.82) is 0 Å². The lowest BCUT2D eigenvalue weighted by atomic mass is 10.1. The first-order chi connectivity index (χ1) is 9.00. The smallest absolute Gasteiger partial charge is 0.255 e. The van der Waals surface area contributed by atoms with Gasteiger partial charge in [0.25, 0.3) is 5.91 Å². The predicted molar refractivity (Wildman–Crippen MR) is 73.3 cm³/mol. The minimum atomic E-state index is -0.704. The molecular weight excluding hydrogens is 264 g/mol. The molecule has 1 aliphatic rings. The second kappa shape index (κ2) is 5.63. The molecule has 1 aromatic rings. The van der Waals surface area contributed by atoms with Crippen molar-refractivity contribution in [3.8, 4) is 0 Å². The zero-order valence-electron chi connectivity index (χ0n) is 10.6. The zero-order valence-corrected chi connectivity index (χ0v) is 11.5. The summed E-state index contributed by atoms with van der Waals surface area (Å²) in [4.78, 5) is 26.1. The summed E-state index contributed by atoms with van der Waals surface area (Å²) in [5.41, 5.74) is 6.70. The van der Waals surface area contributed by atoms with Gasteiger partial charge < -0.3 is 15.4 Å². The van der Waals surface area contributed by atoms with Crippen LogP contribution < -0.4 is 5.73 Å². The van der Waals surface area contributed by atoms with Crippen LogP contribution in [0.15, 0.2) is 23.1 Å². The van der Waals surface area contributed by atoms with E-state index in [1.807, 2.05) is 19.1 Å². The largest absolute Gasteiger partial charge is 0.377 e. The van der Waals surface area contributed by atoms with Crippen LogP contribution in [0.25, 0.3) is 0 Å². The molecular formula is C13H16N2O3S. The van der Waals surface area contributed by atoms with Crippen molar-refractivity contribution in [2.45, 2.75) is 17.9 Å². The molecule has 1 aliphatic heterocycles. The minimum Gasteiger partial charge on any atom is -0.377 e. The van der Waals surface area contributed by atoms with Crippen molar-refractivity contribution in [1.82, 2.24) is 4.90 Å². The second-order valence-electron chi connectivity index (χ2n) is 4.49. The molecule has 6 heteroatoms. The molecule has 1 atom stereocenters. The Labute approximate surface area is 117 Å². The third kappa shape index (κ3) is 2.90. The number of ether oxygens (including phenoxy) is 1. The molecule has 0 bridgehead atoms. The molecule has 2 N–H and O–H groups in total. The van der Waals surface area contributed by atoms with Gasteiger partial charge in [-0.3, -0.25) is 9.59 Å². The average Bonchev–Trinajstić information content (AvgIpc) is 2.40. The number of hydrogen-bond donors (Lipinski definition) is 2. The molecule has 1 saturated heterocycles. The number of carbonyl (C=O) groups is 2. The van der Waals surface area contributed by atoms with Crippen LogP contribution in [0.1, 0.15) is 15.9 Å². The lowest BCUT2D eigenvalue weighted by Gasteiger charge is -2.33. The van der Waals surface area contributed by atoms with E-state index in [4.69, 9.17) is 10.5 Å². The highest BCUT2D eigenvalue weighted by atomic mass is 32.1. The van der Waals surface area contributed by atoms with Gasteiger partial charge in [0, 0.05) is 17.0 Å². The van der Waals surface area contributed by atoms with E-state index in [9.17, 15) is 9.59 Å². The Balaban J connectivity index is 2.31. The maximum Gasteiger partial charge on any atom is 0.255 e. The van der Waals surface area contributed by atoms with Gasteiger partial charge >= 0.3 is 0 Å². The third-order valence-electron chi connectivity index (χ3n) is 3.17. The molecule has 1 heterocycles. The maximum atomic E-state index is 12.5. The number of benzene rings is 1. The number of hydrogen-bond acceptors (Lipinski definition) is 4. The highest BCUT2D eigenvalue weighted by Crippen LogP contribution is 2.18. The number of carbonyl (C=O) groups excluding carboxylic acids is 2. The molecule has 2 rings (SSSR count). The first-order valence-electron chi connectivity index (χ1n) is 5.98. The van der Waals surface area contributed by atoms with Crippen LogP contribution in [0.2, 0.25) is 0 Å². The van der Waals surface area contributed by atoms with E-state index < -0.39 is 11.9 Å². The van der Waals surface area contributed by atoms with Crippen molar-refractivity contribution < 1.29 is 14.3 Å². The van der Waals surface area contributed by atoms with Crippen LogP contribution in [0.4, 0.5) is 0 Å². The summed E-state index contributed by atoms with van der Waals surface area (Å²) >= 11 is 4.24. The van der Waals surface area contributed by atoms with Crippen molar-refractivity contribution >= 4 is 24.4 Å².